The van der Waals surface area contributed by atoms with Crippen LogP contribution in [0.2, 0.25) is 0 Å². The van der Waals surface area contributed by atoms with Gasteiger partial charge in [-0.2, -0.15) is 0 Å². The molecule has 0 spiro atoms. The zero-order valence-corrected chi connectivity index (χ0v) is 16.9. The number of amides is 1. The summed E-state index contributed by atoms with van der Waals surface area (Å²) in [7, 11) is 0. The smallest absolute Gasteiger partial charge is 0.278 e. The van der Waals surface area contributed by atoms with Gasteiger partial charge in [0.2, 0.25) is 0 Å². The number of aryl methyl sites for hydroxylation is 1. The number of piperazine rings is 1. The third kappa shape index (κ3) is 4.22. The number of hydrogen-bond acceptors (Lipinski definition) is 2. The molecule has 26 heavy (non-hydrogen) atoms. The summed E-state index contributed by atoms with van der Waals surface area (Å²) in [5.41, 5.74) is 2.68. The van der Waals surface area contributed by atoms with Crippen molar-refractivity contribution in [2.24, 2.45) is 11.8 Å². The molecule has 1 saturated carbocycles. The van der Waals surface area contributed by atoms with E-state index >= 15 is 0 Å². The van der Waals surface area contributed by atoms with Crippen molar-refractivity contribution >= 4 is 11.6 Å². The van der Waals surface area contributed by atoms with Gasteiger partial charge in [0, 0.05) is 11.7 Å². The first kappa shape index (κ1) is 19.2. The van der Waals surface area contributed by atoms with Gasteiger partial charge in [0.05, 0.1) is 26.2 Å². The van der Waals surface area contributed by atoms with Gasteiger partial charge in [-0.05, 0) is 43.7 Å². The van der Waals surface area contributed by atoms with Crippen molar-refractivity contribution in [2.45, 2.75) is 59.0 Å². The monoisotopic (exact) mass is 358 g/mol. The van der Waals surface area contributed by atoms with Crippen LogP contribution in [0.15, 0.2) is 24.3 Å². The van der Waals surface area contributed by atoms with Gasteiger partial charge in [0.1, 0.15) is 0 Å². The Labute approximate surface area is 158 Å². The fourth-order valence-electron chi connectivity index (χ4n) is 4.66. The number of carbonyl (C=O) groups is 1. The normalized spacial score (nSPS) is 28.6. The Morgan fingerprint density at radius 3 is 2.58 bits per heavy atom. The molecule has 144 valence electrons. The topological polar surface area (TPSA) is 36.8 Å². The van der Waals surface area contributed by atoms with Crippen molar-refractivity contribution in [1.29, 1.82) is 0 Å². The Balaban J connectivity index is 1.52. The second-order valence-corrected chi connectivity index (χ2v) is 8.54. The number of hydrogen-bond donors (Lipinski definition) is 2. The van der Waals surface area contributed by atoms with Gasteiger partial charge in [-0.1, -0.05) is 44.9 Å². The number of rotatable bonds is 4. The van der Waals surface area contributed by atoms with Crippen LogP contribution in [0.3, 0.4) is 0 Å². The molecule has 0 aromatic heterocycles. The van der Waals surface area contributed by atoms with Gasteiger partial charge in [-0.15, -0.1) is 0 Å². The van der Waals surface area contributed by atoms with E-state index in [0.29, 0.717) is 17.9 Å². The molecule has 2 aliphatic rings. The molecule has 4 atom stereocenters. The van der Waals surface area contributed by atoms with E-state index in [1.165, 1.54) is 29.0 Å². The largest absolute Gasteiger partial charge is 0.360 e. The second-order valence-electron chi connectivity index (χ2n) is 8.54. The van der Waals surface area contributed by atoms with Crippen molar-refractivity contribution in [3.63, 3.8) is 0 Å². The first-order chi connectivity index (χ1) is 12.5. The predicted octanol–water partition coefficient (Wildman–Crippen LogP) is 2.03. The molecule has 4 heteroatoms. The standard InChI is InChI=1S/C22H35N3O/c1-16-9-7-10-20(18(16)3)23-22(26)19(4)24-12-14-25(15-13-24)21-11-6-5-8-17(21)2/h5-6,8,11,16,18-20H,7,9-10,12-15H2,1-4H3,(H,23,26)/p+1/t16-,18-,19-,20+/m0/s1. The van der Waals surface area contributed by atoms with Crippen molar-refractivity contribution in [3.8, 4) is 0 Å². The maximum Gasteiger partial charge on any atom is 0.278 e. The quantitative estimate of drug-likeness (QED) is 0.864. The zero-order chi connectivity index (χ0) is 18.7. The summed E-state index contributed by atoms with van der Waals surface area (Å²) in [4.78, 5) is 16.7. The van der Waals surface area contributed by atoms with E-state index < -0.39 is 0 Å². The molecule has 0 bridgehead atoms. The summed E-state index contributed by atoms with van der Waals surface area (Å²) >= 11 is 0. The van der Waals surface area contributed by atoms with Crippen LogP contribution in [0.4, 0.5) is 5.69 Å². The summed E-state index contributed by atoms with van der Waals surface area (Å²) in [5, 5.41) is 3.37. The number of nitrogens with zero attached hydrogens (tertiary/aromatic N) is 1. The molecule has 3 rings (SSSR count). The fourth-order valence-corrected chi connectivity index (χ4v) is 4.66. The lowest BCUT2D eigenvalue weighted by molar-refractivity contribution is -0.914. The Morgan fingerprint density at radius 1 is 1.19 bits per heavy atom. The molecule has 4 nitrogen and oxygen atoms in total. The summed E-state index contributed by atoms with van der Waals surface area (Å²) in [6.45, 7) is 13.0. The average Bonchev–Trinajstić information content (AvgIpc) is 2.65. The Morgan fingerprint density at radius 2 is 1.88 bits per heavy atom. The number of nitrogens with one attached hydrogen (secondary N) is 2. The van der Waals surface area contributed by atoms with Crippen molar-refractivity contribution in [3.05, 3.63) is 29.8 Å². The molecule has 2 N–H and O–H groups in total. The van der Waals surface area contributed by atoms with E-state index in [2.05, 4.69) is 62.2 Å². The van der Waals surface area contributed by atoms with E-state index in [1.807, 2.05) is 0 Å². The van der Waals surface area contributed by atoms with E-state index in [0.717, 1.165) is 32.6 Å². The fraction of sp³-hybridized carbons (Fsp3) is 0.682. The molecule has 1 saturated heterocycles. The van der Waals surface area contributed by atoms with Crippen LogP contribution in [0.25, 0.3) is 0 Å². The molecule has 1 aromatic carbocycles. The Kier molecular flexibility index (Phi) is 6.23. The van der Waals surface area contributed by atoms with Gasteiger partial charge in [0.15, 0.2) is 6.04 Å². The third-order valence-electron chi connectivity index (χ3n) is 6.90. The molecule has 1 heterocycles. The summed E-state index contributed by atoms with van der Waals surface area (Å²) in [6.07, 6.45) is 3.68. The minimum atomic E-state index is 0.0402. The number of carbonyl (C=O) groups excluding carboxylic acids is 1. The molecule has 0 unspecified atom stereocenters. The van der Waals surface area contributed by atoms with Crippen molar-refractivity contribution < 1.29 is 9.69 Å². The highest BCUT2D eigenvalue weighted by Crippen LogP contribution is 2.29. The number of anilines is 1. The van der Waals surface area contributed by atoms with Crippen molar-refractivity contribution in [1.82, 2.24) is 5.32 Å². The molecular formula is C22H36N3O+. The Hall–Kier alpha value is -1.55. The van der Waals surface area contributed by atoms with Crippen LogP contribution in [0, 0.1) is 18.8 Å². The van der Waals surface area contributed by atoms with E-state index in [1.54, 1.807) is 0 Å². The number of benzene rings is 1. The molecule has 1 aliphatic carbocycles. The molecular weight excluding hydrogens is 322 g/mol. The minimum Gasteiger partial charge on any atom is -0.360 e. The lowest BCUT2D eigenvalue weighted by Gasteiger charge is -2.38. The van der Waals surface area contributed by atoms with Crippen molar-refractivity contribution in [2.75, 3.05) is 31.1 Å². The van der Waals surface area contributed by atoms with Gasteiger partial charge in [-0.3, -0.25) is 4.79 Å². The summed E-state index contributed by atoms with van der Waals surface area (Å²) < 4.78 is 0. The van der Waals surface area contributed by atoms with Gasteiger partial charge in [-0.25, -0.2) is 0 Å². The first-order valence-corrected chi connectivity index (χ1v) is 10.4. The van der Waals surface area contributed by atoms with Gasteiger partial charge < -0.3 is 15.1 Å². The van der Waals surface area contributed by atoms with Crippen LogP contribution in [0.1, 0.15) is 45.6 Å². The van der Waals surface area contributed by atoms with Crippen LogP contribution < -0.4 is 15.1 Å². The molecule has 1 aromatic rings. The molecule has 2 fully saturated rings. The van der Waals surface area contributed by atoms with Crippen LogP contribution in [-0.2, 0) is 4.79 Å². The number of para-hydroxylation sites is 1. The average molecular weight is 359 g/mol. The van der Waals surface area contributed by atoms with Gasteiger partial charge >= 0.3 is 0 Å². The summed E-state index contributed by atoms with van der Waals surface area (Å²) in [6, 6.07) is 9.00. The van der Waals surface area contributed by atoms with E-state index in [4.69, 9.17) is 0 Å². The Bertz CT molecular complexity index is 609. The highest BCUT2D eigenvalue weighted by atomic mass is 16.2. The van der Waals surface area contributed by atoms with Crippen LogP contribution in [-0.4, -0.2) is 44.2 Å². The molecule has 0 radical (unpaired) electrons. The first-order valence-electron chi connectivity index (χ1n) is 10.4. The number of quaternary nitrogens is 1. The van der Waals surface area contributed by atoms with Crippen LogP contribution in [0.5, 0.6) is 0 Å². The maximum atomic E-state index is 12.8. The lowest BCUT2D eigenvalue weighted by atomic mass is 9.78. The van der Waals surface area contributed by atoms with Gasteiger partial charge in [0.25, 0.3) is 5.91 Å². The van der Waals surface area contributed by atoms with E-state index in [9.17, 15) is 4.79 Å². The second kappa shape index (κ2) is 8.43. The highest BCUT2D eigenvalue weighted by Gasteiger charge is 2.33. The SMILES string of the molecule is Cc1ccccc1N1CC[NH+]([C@@H](C)C(=O)N[C@@H]2CCC[C@H](C)[C@@H]2C)CC1. The third-order valence-corrected chi connectivity index (χ3v) is 6.90. The molecule has 1 aliphatic heterocycles. The maximum absolute atomic E-state index is 12.8. The predicted molar refractivity (Wildman–Crippen MR) is 108 cm³/mol. The summed E-state index contributed by atoms with van der Waals surface area (Å²) in [5.74, 6) is 1.55. The molecule has 1 amide bonds. The van der Waals surface area contributed by atoms with Crippen LogP contribution >= 0.6 is 0 Å². The minimum absolute atomic E-state index is 0.0402. The zero-order valence-electron chi connectivity index (χ0n) is 16.9. The lowest BCUT2D eigenvalue weighted by Crippen LogP contribution is -3.19. The highest BCUT2D eigenvalue weighted by molar-refractivity contribution is 5.80. The van der Waals surface area contributed by atoms with E-state index in [-0.39, 0.29) is 11.9 Å².